The van der Waals surface area contributed by atoms with Gasteiger partial charge in [0, 0.05) is 0 Å². The predicted molar refractivity (Wildman–Crippen MR) is 110 cm³/mol. The summed E-state index contributed by atoms with van der Waals surface area (Å²) in [6.45, 7) is 2.12. The van der Waals surface area contributed by atoms with E-state index in [0.717, 1.165) is 6.42 Å². The van der Waals surface area contributed by atoms with Crippen LogP contribution >= 0.6 is 17.0 Å². The van der Waals surface area contributed by atoms with Gasteiger partial charge < -0.3 is 0 Å². The summed E-state index contributed by atoms with van der Waals surface area (Å²) in [6.07, 6.45) is 1.05. The zero-order chi connectivity index (χ0) is 18.4. The number of rotatable bonds is 0. The SMILES string of the molecule is Cc1ccc2cc[cH-]c2c1.[Cl][Zr+2][Cl].[c-]1cccc2c1Cc1ccccc1-2. The van der Waals surface area contributed by atoms with Crippen LogP contribution in [0.5, 0.6) is 0 Å². The fourth-order valence-corrected chi connectivity index (χ4v) is 3.24. The van der Waals surface area contributed by atoms with Crippen LogP contribution in [0.1, 0.15) is 16.7 Å². The summed E-state index contributed by atoms with van der Waals surface area (Å²) in [6, 6.07) is 31.0. The molecule has 0 fully saturated rings. The Hall–Kier alpha value is -1.27. The van der Waals surface area contributed by atoms with Gasteiger partial charge in [0.2, 0.25) is 0 Å². The van der Waals surface area contributed by atoms with Crippen LogP contribution in [0, 0.1) is 13.0 Å². The van der Waals surface area contributed by atoms with E-state index in [4.69, 9.17) is 17.0 Å². The molecule has 0 saturated heterocycles. The molecule has 26 heavy (non-hydrogen) atoms. The van der Waals surface area contributed by atoms with Gasteiger partial charge in [0.15, 0.2) is 0 Å². The molecular formula is C23H18Cl2Zr. The van der Waals surface area contributed by atoms with Gasteiger partial charge in [0.1, 0.15) is 0 Å². The average molecular weight is 457 g/mol. The van der Waals surface area contributed by atoms with Gasteiger partial charge in [-0.1, -0.05) is 47.0 Å². The van der Waals surface area contributed by atoms with Crippen molar-refractivity contribution in [1.29, 1.82) is 0 Å². The third kappa shape index (κ3) is 4.71. The van der Waals surface area contributed by atoms with Crippen LogP contribution in [0.25, 0.3) is 21.9 Å². The summed E-state index contributed by atoms with van der Waals surface area (Å²) in [5.41, 5.74) is 6.84. The van der Waals surface area contributed by atoms with Crippen molar-refractivity contribution in [1.82, 2.24) is 0 Å². The fraction of sp³-hybridized carbons (Fsp3) is 0.0870. The first-order valence-electron chi connectivity index (χ1n) is 8.39. The largest absolute Gasteiger partial charge is 0.179 e. The molecule has 1 aliphatic carbocycles. The second kappa shape index (κ2) is 9.61. The molecule has 0 heterocycles. The third-order valence-corrected chi connectivity index (χ3v) is 4.41. The molecule has 4 aromatic rings. The normalized spacial score (nSPS) is 10.6. The van der Waals surface area contributed by atoms with Gasteiger partial charge in [-0.3, -0.25) is 0 Å². The van der Waals surface area contributed by atoms with Crippen LogP contribution in [-0.2, 0) is 27.3 Å². The maximum Gasteiger partial charge on any atom is -0.0253 e. The zero-order valence-corrected chi connectivity index (χ0v) is 18.4. The minimum atomic E-state index is -0.826. The van der Waals surface area contributed by atoms with Crippen LogP contribution in [0.3, 0.4) is 0 Å². The second-order valence-corrected chi connectivity index (χ2v) is 9.86. The average Bonchev–Trinajstić information content (AvgIpc) is 3.26. The van der Waals surface area contributed by atoms with Crippen LogP contribution in [0.15, 0.2) is 78.9 Å². The first-order valence-corrected chi connectivity index (χ1v) is 14.7. The molecule has 0 radical (unpaired) electrons. The molecule has 0 saturated carbocycles. The Morgan fingerprint density at radius 2 is 1.73 bits per heavy atom. The number of aryl methyl sites for hydroxylation is 1. The molecule has 0 aromatic heterocycles. The minimum Gasteiger partial charge on any atom is -0.179 e. The van der Waals surface area contributed by atoms with Crippen LogP contribution in [0.4, 0.5) is 0 Å². The van der Waals surface area contributed by atoms with E-state index < -0.39 is 20.8 Å². The van der Waals surface area contributed by atoms with Crippen molar-refractivity contribution in [2.75, 3.05) is 0 Å². The van der Waals surface area contributed by atoms with Gasteiger partial charge in [-0.05, 0) is 13.3 Å². The Labute approximate surface area is 173 Å². The molecule has 0 bridgehead atoms. The Morgan fingerprint density at radius 3 is 2.58 bits per heavy atom. The van der Waals surface area contributed by atoms with Gasteiger partial charge >= 0.3 is 37.9 Å². The number of halogens is 2. The quantitative estimate of drug-likeness (QED) is 0.215. The number of benzene rings is 3. The molecular weight excluding hydrogens is 438 g/mol. The topological polar surface area (TPSA) is 0 Å². The Kier molecular flexibility index (Phi) is 7.20. The van der Waals surface area contributed by atoms with Gasteiger partial charge in [-0.15, -0.1) is 34.5 Å². The number of hydrogen-bond acceptors (Lipinski definition) is 0. The molecule has 4 aromatic carbocycles. The Morgan fingerprint density at radius 1 is 0.962 bits per heavy atom. The van der Waals surface area contributed by atoms with Crippen molar-refractivity contribution in [3.8, 4) is 11.1 Å². The minimum absolute atomic E-state index is 0.826. The van der Waals surface area contributed by atoms with E-state index in [1.54, 1.807) is 0 Å². The van der Waals surface area contributed by atoms with E-state index in [1.807, 2.05) is 6.07 Å². The van der Waals surface area contributed by atoms with Crippen molar-refractivity contribution in [3.63, 3.8) is 0 Å². The smallest absolute Gasteiger partial charge is 0.0253 e. The van der Waals surface area contributed by atoms with Gasteiger partial charge in [-0.2, -0.15) is 42.0 Å². The van der Waals surface area contributed by atoms with Crippen LogP contribution in [-0.4, -0.2) is 0 Å². The summed E-state index contributed by atoms with van der Waals surface area (Å²) < 4.78 is 0. The maximum absolute atomic E-state index is 4.93. The molecule has 128 valence electrons. The molecule has 0 spiro atoms. The second-order valence-electron chi connectivity index (χ2n) is 6.13. The van der Waals surface area contributed by atoms with E-state index in [1.165, 1.54) is 38.6 Å². The standard InChI is InChI=1S/C13H9.C10H9.2ClH.Zr/c1-3-7-12-10(5-1)9-11-6-2-4-8-13(11)12;1-8-5-6-9-3-2-4-10(9)7-8;;;/h1-5,7-8H,9H2;2-7H,1H3;2*1H;/q2*-1;;;+4/p-2. The van der Waals surface area contributed by atoms with E-state index >= 15 is 0 Å². The van der Waals surface area contributed by atoms with E-state index in [9.17, 15) is 0 Å². The van der Waals surface area contributed by atoms with E-state index in [-0.39, 0.29) is 0 Å². The summed E-state index contributed by atoms with van der Waals surface area (Å²) in [5.74, 6) is 0. The third-order valence-electron chi connectivity index (χ3n) is 4.41. The van der Waals surface area contributed by atoms with E-state index in [2.05, 4.69) is 85.8 Å². The van der Waals surface area contributed by atoms with Gasteiger partial charge in [0.05, 0.1) is 0 Å². The van der Waals surface area contributed by atoms with Crippen molar-refractivity contribution in [3.05, 3.63) is 102 Å². The molecule has 0 nitrogen and oxygen atoms in total. The maximum atomic E-state index is 4.93. The molecule has 0 atom stereocenters. The van der Waals surface area contributed by atoms with Crippen molar-refractivity contribution < 1.29 is 20.8 Å². The predicted octanol–water partition coefficient (Wildman–Crippen LogP) is 7.30. The van der Waals surface area contributed by atoms with E-state index in [0.29, 0.717) is 0 Å². The Balaban J connectivity index is 0.000000135. The summed E-state index contributed by atoms with van der Waals surface area (Å²) in [5, 5.41) is 2.69. The fourth-order valence-electron chi connectivity index (χ4n) is 3.24. The summed E-state index contributed by atoms with van der Waals surface area (Å²) >= 11 is -0.826. The summed E-state index contributed by atoms with van der Waals surface area (Å²) in [7, 11) is 9.87. The van der Waals surface area contributed by atoms with Crippen LogP contribution in [0.2, 0.25) is 0 Å². The van der Waals surface area contributed by atoms with Gasteiger partial charge in [0.25, 0.3) is 0 Å². The molecule has 3 heteroatoms. The Bertz CT molecular complexity index is 945. The first-order chi connectivity index (χ1) is 12.7. The monoisotopic (exact) mass is 454 g/mol. The molecule has 1 aliphatic rings. The number of hydrogen-bond donors (Lipinski definition) is 0. The van der Waals surface area contributed by atoms with Crippen molar-refractivity contribution >= 4 is 27.8 Å². The molecule has 5 rings (SSSR count). The van der Waals surface area contributed by atoms with Crippen LogP contribution < -0.4 is 0 Å². The molecule has 0 amide bonds. The van der Waals surface area contributed by atoms with Crippen molar-refractivity contribution in [2.24, 2.45) is 0 Å². The summed E-state index contributed by atoms with van der Waals surface area (Å²) in [4.78, 5) is 0. The molecule has 0 unspecified atom stereocenters. The van der Waals surface area contributed by atoms with Gasteiger partial charge in [-0.25, -0.2) is 0 Å². The molecule has 0 N–H and O–H groups in total. The number of fused-ring (bicyclic) bond motifs is 4. The first kappa shape index (κ1) is 19.5. The zero-order valence-electron chi connectivity index (χ0n) is 14.5. The van der Waals surface area contributed by atoms with Crippen molar-refractivity contribution in [2.45, 2.75) is 13.3 Å². The molecule has 0 aliphatic heterocycles.